The van der Waals surface area contributed by atoms with E-state index in [4.69, 9.17) is 4.52 Å². The molecule has 0 unspecified atom stereocenters. The molecule has 0 spiro atoms. The highest BCUT2D eigenvalue weighted by Gasteiger charge is 2.35. The molecular formula is C15H21N5O2. The molecule has 1 atom stereocenters. The van der Waals surface area contributed by atoms with Gasteiger partial charge < -0.3 is 4.52 Å². The molecular weight excluding hydrogens is 282 g/mol. The van der Waals surface area contributed by atoms with Crippen molar-refractivity contribution in [1.82, 2.24) is 19.8 Å². The Morgan fingerprint density at radius 2 is 2.05 bits per heavy atom. The second-order valence-electron chi connectivity index (χ2n) is 5.98. The van der Waals surface area contributed by atoms with Crippen molar-refractivity contribution in [1.29, 1.82) is 0 Å². The Balaban J connectivity index is 1.55. The minimum atomic E-state index is -0.210. The van der Waals surface area contributed by atoms with E-state index in [0.29, 0.717) is 11.9 Å². The van der Waals surface area contributed by atoms with Crippen LogP contribution in [-0.4, -0.2) is 44.9 Å². The van der Waals surface area contributed by atoms with E-state index >= 15 is 0 Å². The number of nitrogens with zero attached hydrogens (tertiary/aromatic N) is 4. The summed E-state index contributed by atoms with van der Waals surface area (Å²) in [5.41, 5.74) is 2.94. The number of amides is 1. The number of aromatic nitrogens is 3. The van der Waals surface area contributed by atoms with Crippen molar-refractivity contribution in [3.8, 4) is 0 Å². The van der Waals surface area contributed by atoms with Crippen LogP contribution in [0.3, 0.4) is 0 Å². The van der Waals surface area contributed by atoms with Gasteiger partial charge in [0, 0.05) is 24.8 Å². The lowest BCUT2D eigenvalue weighted by molar-refractivity contribution is -0.123. The van der Waals surface area contributed by atoms with Gasteiger partial charge in [-0.2, -0.15) is 5.10 Å². The Bertz CT molecular complexity index is 684. The topological polar surface area (TPSA) is 76.2 Å². The maximum absolute atomic E-state index is 12.2. The average molecular weight is 303 g/mol. The maximum atomic E-state index is 12.2. The first-order chi connectivity index (χ1) is 10.4. The first kappa shape index (κ1) is 14.8. The van der Waals surface area contributed by atoms with Gasteiger partial charge in [-0.05, 0) is 33.8 Å². The fraction of sp³-hybridized carbons (Fsp3) is 0.533. The molecule has 7 heteroatoms. The van der Waals surface area contributed by atoms with Crippen molar-refractivity contribution >= 4 is 11.8 Å². The number of carbonyl (C=O) groups is 1. The van der Waals surface area contributed by atoms with Gasteiger partial charge in [-0.25, -0.2) is 0 Å². The highest BCUT2D eigenvalue weighted by molar-refractivity contribution is 5.93. The van der Waals surface area contributed by atoms with Crippen molar-refractivity contribution in [2.24, 2.45) is 0 Å². The summed E-state index contributed by atoms with van der Waals surface area (Å²) in [5, 5.41) is 11.0. The van der Waals surface area contributed by atoms with E-state index in [9.17, 15) is 4.79 Å². The summed E-state index contributed by atoms with van der Waals surface area (Å²) in [7, 11) is 0. The molecule has 0 bridgehead atoms. The summed E-state index contributed by atoms with van der Waals surface area (Å²) in [6, 6.07) is 3.92. The van der Waals surface area contributed by atoms with Crippen LogP contribution in [0.1, 0.15) is 30.0 Å². The van der Waals surface area contributed by atoms with Crippen molar-refractivity contribution in [2.75, 3.05) is 18.4 Å². The largest absolute Gasteiger partial charge is 0.338 e. The van der Waals surface area contributed by atoms with Crippen LogP contribution in [0.25, 0.3) is 0 Å². The Hall–Kier alpha value is -2.15. The highest BCUT2D eigenvalue weighted by atomic mass is 16.5. The summed E-state index contributed by atoms with van der Waals surface area (Å²) in [4.78, 5) is 14.3. The molecule has 3 rings (SSSR count). The monoisotopic (exact) mass is 303 g/mol. The van der Waals surface area contributed by atoms with Crippen LogP contribution in [0.2, 0.25) is 0 Å². The smallest absolute Gasteiger partial charge is 0.243 e. The van der Waals surface area contributed by atoms with E-state index < -0.39 is 0 Å². The second-order valence-corrected chi connectivity index (χ2v) is 5.98. The molecule has 22 heavy (non-hydrogen) atoms. The van der Waals surface area contributed by atoms with Crippen LogP contribution >= 0.6 is 0 Å². The molecule has 0 radical (unpaired) electrons. The predicted octanol–water partition coefficient (Wildman–Crippen LogP) is 1.68. The molecule has 1 amide bonds. The van der Waals surface area contributed by atoms with E-state index in [1.807, 2.05) is 20.8 Å². The SMILES string of the molecule is Cc1cc(NC(=O)[C@@H](C)N2CC(n3nc(C)cc3C)C2)on1. The third kappa shape index (κ3) is 2.76. The van der Waals surface area contributed by atoms with Crippen LogP contribution < -0.4 is 5.32 Å². The van der Waals surface area contributed by atoms with Gasteiger partial charge in [0.15, 0.2) is 0 Å². The van der Waals surface area contributed by atoms with Crippen molar-refractivity contribution in [3.63, 3.8) is 0 Å². The normalized spacial score (nSPS) is 17.3. The maximum Gasteiger partial charge on any atom is 0.243 e. The van der Waals surface area contributed by atoms with Gasteiger partial charge in [0.2, 0.25) is 11.8 Å². The lowest BCUT2D eigenvalue weighted by atomic mass is 10.1. The first-order valence-electron chi connectivity index (χ1n) is 7.45. The van der Waals surface area contributed by atoms with E-state index in [1.54, 1.807) is 6.07 Å². The summed E-state index contributed by atoms with van der Waals surface area (Å²) in [6.07, 6.45) is 0. The molecule has 0 saturated carbocycles. The number of hydrogen-bond acceptors (Lipinski definition) is 5. The lowest BCUT2D eigenvalue weighted by Gasteiger charge is -2.42. The van der Waals surface area contributed by atoms with Crippen LogP contribution in [0.4, 0.5) is 5.88 Å². The van der Waals surface area contributed by atoms with E-state index in [1.165, 1.54) is 0 Å². The first-order valence-corrected chi connectivity index (χ1v) is 7.45. The quantitative estimate of drug-likeness (QED) is 0.930. The predicted molar refractivity (Wildman–Crippen MR) is 81.6 cm³/mol. The zero-order valence-electron chi connectivity index (χ0n) is 13.3. The number of hydrogen-bond donors (Lipinski definition) is 1. The van der Waals surface area contributed by atoms with Gasteiger partial charge in [-0.3, -0.25) is 19.7 Å². The van der Waals surface area contributed by atoms with E-state index in [2.05, 4.69) is 38.1 Å². The molecule has 7 nitrogen and oxygen atoms in total. The van der Waals surface area contributed by atoms with Crippen LogP contribution in [-0.2, 0) is 4.79 Å². The van der Waals surface area contributed by atoms with Gasteiger partial charge >= 0.3 is 0 Å². The summed E-state index contributed by atoms with van der Waals surface area (Å²) in [6.45, 7) is 9.42. The lowest BCUT2D eigenvalue weighted by Crippen LogP contribution is -2.55. The second kappa shape index (κ2) is 5.57. The van der Waals surface area contributed by atoms with Crippen molar-refractivity contribution in [2.45, 2.75) is 39.8 Å². The number of anilines is 1. The van der Waals surface area contributed by atoms with Gasteiger partial charge in [0.05, 0.1) is 23.5 Å². The summed E-state index contributed by atoms with van der Waals surface area (Å²) < 4.78 is 7.06. The van der Waals surface area contributed by atoms with E-state index in [0.717, 1.165) is 30.2 Å². The molecule has 3 heterocycles. The molecule has 0 aliphatic carbocycles. The highest BCUT2D eigenvalue weighted by Crippen LogP contribution is 2.25. The fourth-order valence-corrected chi connectivity index (χ4v) is 2.79. The molecule has 2 aromatic heterocycles. The fourth-order valence-electron chi connectivity index (χ4n) is 2.79. The number of aryl methyl sites for hydroxylation is 3. The van der Waals surface area contributed by atoms with Crippen molar-refractivity contribution in [3.05, 3.63) is 29.2 Å². The molecule has 1 fully saturated rings. The molecule has 118 valence electrons. The average Bonchev–Trinajstić information content (AvgIpc) is 2.94. The van der Waals surface area contributed by atoms with Gasteiger partial charge in [-0.15, -0.1) is 0 Å². The molecule has 1 aliphatic heterocycles. The summed E-state index contributed by atoms with van der Waals surface area (Å²) in [5.74, 6) is 0.313. The molecule has 0 aromatic carbocycles. The molecule has 1 N–H and O–H groups in total. The van der Waals surface area contributed by atoms with Crippen LogP contribution in [0.15, 0.2) is 16.7 Å². The number of carbonyl (C=O) groups excluding carboxylic acids is 1. The zero-order chi connectivity index (χ0) is 15.9. The van der Waals surface area contributed by atoms with E-state index in [-0.39, 0.29) is 11.9 Å². The minimum Gasteiger partial charge on any atom is -0.338 e. The Morgan fingerprint density at radius 3 is 2.59 bits per heavy atom. The number of nitrogens with one attached hydrogen (secondary N) is 1. The molecule has 2 aromatic rings. The zero-order valence-corrected chi connectivity index (χ0v) is 13.3. The van der Waals surface area contributed by atoms with Crippen LogP contribution in [0.5, 0.6) is 0 Å². The van der Waals surface area contributed by atoms with Gasteiger partial charge in [-0.1, -0.05) is 5.16 Å². The van der Waals surface area contributed by atoms with Gasteiger partial charge in [0.25, 0.3) is 0 Å². The third-order valence-electron chi connectivity index (χ3n) is 4.08. The third-order valence-corrected chi connectivity index (χ3v) is 4.08. The summed E-state index contributed by atoms with van der Waals surface area (Å²) >= 11 is 0. The number of likely N-dealkylation sites (tertiary alicyclic amines) is 1. The number of rotatable bonds is 4. The Labute approximate surface area is 129 Å². The standard InChI is InChI=1S/C15H21N5O2/c1-9-5-11(3)20(17-9)13-7-19(8-13)12(4)15(21)16-14-6-10(2)18-22-14/h5-6,12-13H,7-8H2,1-4H3,(H,16,21)/t12-/m1/s1. The van der Waals surface area contributed by atoms with Gasteiger partial charge in [0.1, 0.15) is 0 Å². The minimum absolute atomic E-state index is 0.0806. The Morgan fingerprint density at radius 1 is 1.32 bits per heavy atom. The molecule has 1 aliphatic rings. The Kier molecular flexibility index (Phi) is 3.74. The van der Waals surface area contributed by atoms with Crippen LogP contribution in [0, 0.1) is 20.8 Å². The molecule has 1 saturated heterocycles. The van der Waals surface area contributed by atoms with Crippen molar-refractivity contribution < 1.29 is 9.32 Å².